The van der Waals surface area contributed by atoms with Crippen LogP contribution in [0.5, 0.6) is 5.75 Å². The van der Waals surface area contributed by atoms with E-state index >= 15 is 0 Å². The highest BCUT2D eigenvalue weighted by atomic mass is 32.1. The first-order chi connectivity index (χ1) is 16.4. The molecule has 178 valence electrons. The monoisotopic (exact) mass is 479 g/mol. The maximum atomic E-state index is 11.8. The molecule has 0 fully saturated rings. The van der Waals surface area contributed by atoms with Crippen molar-refractivity contribution in [1.82, 2.24) is 4.98 Å². The van der Waals surface area contributed by atoms with Gasteiger partial charge in [-0.05, 0) is 55.5 Å². The Morgan fingerprint density at radius 2 is 1.91 bits per heavy atom. The van der Waals surface area contributed by atoms with Crippen LogP contribution in [0, 0.1) is 6.92 Å². The minimum Gasteiger partial charge on any atom is -0.493 e. The summed E-state index contributed by atoms with van der Waals surface area (Å²) in [4.78, 5) is 17.5. The summed E-state index contributed by atoms with van der Waals surface area (Å²) in [6, 6.07) is 17.9. The van der Waals surface area contributed by atoms with Crippen molar-refractivity contribution in [3.05, 3.63) is 71.6 Å². The molecule has 0 spiro atoms. The first-order valence-electron chi connectivity index (χ1n) is 11.5. The standard InChI is InChI=1S/C27H29NO5S/c1-4-27(26(29)30,32-5-2)17-19-10-12-21(13-11-19)31-15-14-22-18(3)33-25(28-22)24-16-20-8-6-7-9-23(20)34-24/h6-13,16H,4-5,14-15,17H2,1-3H3,(H,29,30)/t27-/m0/s1. The maximum Gasteiger partial charge on any atom is 0.336 e. The van der Waals surface area contributed by atoms with Crippen molar-refractivity contribution in [3.63, 3.8) is 0 Å². The lowest BCUT2D eigenvalue weighted by Gasteiger charge is -2.28. The topological polar surface area (TPSA) is 81.8 Å². The van der Waals surface area contributed by atoms with Gasteiger partial charge in [-0.15, -0.1) is 11.3 Å². The van der Waals surface area contributed by atoms with E-state index in [0.29, 0.717) is 38.4 Å². The lowest BCUT2D eigenvalue weighted by Crippen LogP contribution is -2.43. The summed E-state index contributed by atoms with van der Waals surface area (Å²) in [7, 11) is 0. The van der Waals surface area contributed by atoms with E-state index in [0.717, 1.165) is 27.6 Å². The highest BCUT2D eigenvalue weighted by Crippen LogP contribution is 2.34. The predicted octanol–water partition coefficient (Wildman–Crippen LogP) is 6.30. The Balaban J connectivity index is 1.36. The molecule has 34 heavy (non-hydrogen) atoms. The number of thiophene rings is 1. The van der Waals surface area contributed by atoms with Gasteiger partial charge in [0.2, 0.25) is 5.89 Å². The summed E-state index contributed by atoms with van der Waals surface area (Å²) in [6.07, 6.45) is 1.34. The van der Waals surface area contributed by atoms with Gasteiger partial charge in [-0.2, -0.15) is 0 Å². The van der Waals surface area contributed by atoms with Crippen LogP contribution in [-0.2, 0) is 22.4 Å². The average Bonchev–Trinajstić information content (AvgIpc) is 3.43. The molecular formula is C27H29NO5S. The van der Waals surface area contributed by atoms with Gasteiger partial charge in [-0.25, -0.2) is 9.78 Å². The number of aromatic nitrogens is 1. The molecular weight excluding hydrogens is 450 g/mol. The number of oxazole rings is 1. The Hall–Kier alpha value is -3.16. The zero-order valence-electron chi connectivity index (χ0n) is 19.7. The largest absolute Gasteiger partial charge is 0.493 e. The first-order valence-corrected chi connectivity index (χ1v) is 12.3. The Morgan fingerprint density at radius 1 is 1.15 bits per heavy atom. The highest BCUT2D eigenvalue weighted by Gasteiger charge is 2.37. The molecule has 0 aliphatic heterocycles. The van der Waals surface area contributed by atoms with E-state index in [2.05, 4.69) is 18.2 Å². The normalized spacial score (nSPS) is 13.1. The predicted molar refractivity (Wildman–Crippen MR) is 134 cm³/mol. The number of aryl methyl sites for hydroxylation is 1. The summed E-state index contributed by atoms with van der Waals surface area (Å²) in [5.41, 5.74) is 0.577. The second-order valence-electron chi connectivity index (χ2n) is 8.18. The third kappa shape index (κ3) is 5.16. The molecule has 6 nitrogen and oxygen atoms in total. The van der Waals surface area contributed by atoms with Crippen LogP contribution in [0.25, 0.3) is 20.9 Å². The van der Waals surface area contributed by atoms with Crippen LogP contribution in [0.1, 0.15) is 37.3 Å². The number of carboxylic acids is 1. The minimum atomic E-state index is -1.20. The fourth-order valence-electron chi connectivity index (χ4n) is 3.99. The molecule has 4 rings (SSSR count). The van der Waals surface area contributed by atoms with E-state index in [1.165, 1.54) is 10.1 Å². The zero-order chi connectivity index (χ0) is 24.1. The van der Waals surface area contributed by atoms with Gasteiger partial charge < -0.3 is 19.0 Å². The van der Waals surface area contributed by atoms with Gasteiger partial charge >= 0.3 is 5.97 Å². The van der Waals surface area contributed by atoms with Gasteiger partial charge in [0.25, 0.3) is 0 Å². The fraction of sp³-hybridized carbons (Fsp3) is 0.333. The molecule has 2 aromatic heterocycles. The number of fused-ring (bicyclic) bond motifs is 1. The zero-order valence-corrected chi connectivity index (χ0v) is 20.5. The van der Waals surface area contributed by atoms with Gasteiger partial charge in [-0.3, -0.25) is 0 Å². The Labute approximate surface area is 203 Å². The van der Waals surface area contributed by atoms with Crippen molar-refractivity contribution in [3.8, 4) is 16.5 Å². The van der Waals surface area contributed by atoms with Crippen LogP contribution >= 0.6 is 11.3 Å². The number of hydrogen-bond donors (Lipinski definition) is 1. The Bertz CT molecular complexity index is 1230. The van der Waals surface area contributed by atoms with Crippen LogP contribution in [0.2, 0.25) is 0 Å². The lowest BCUT2D eigenvalue weighted by atomic mass is 9.91. The van der Waals surface area contributed by atoms with Crippen molar-refractivity contribution < 1.29 is 23.8 Å². The van der Waals surface area contributed by atoms with Gasteiger partial charge in [0.15, 0.2) is 5.60 Å². The number of hydrogen-bond acceptors (Lipinski definition) is 6. The van der Waals surface area contributed by atoms with E-state index < -0.39 is 11.6 Å². The van der Waals surface area contributed by atoms with Crippen LogP contribution < -0.4 is 4.74 Å². The van der Waals surface area contributed by atoms with Crippen LogP contribution in [0.15, 0.2) is 59.0 Å². The molecule has 1 atom stereocenters. The van der Waals surface area contributed by atoms with E-state index in [9.17, 15) is 9.90 Å². The van der Waals surface area contributed by atoms with Crippen molar-refractivity contribution in [2.45, 2.75) is 45.6 Å². The molecule has 0 amide bonds. The number of rotatable bonds is 11. The van der Waals surface area contributed by atoms with Crippen molar-refractivity contribution in [2.75, 3.05) is 13.2 Å². The van der Waals surface area contributed by atoms with Crippen molar-refractivity contribution in [1.29, 1.82) is 0 Å². The second-order valence-corrected chi connectivity index (χ2v) is 9.26. The maximum absolute atomic E-state index is 11.8. The van der Waals surface area contributed by atoms with Gasteiger partial charge in [0, 0.05) is 24.1 Å². The minimum absolute atomic E-state index is 0.311. The quantitative estimate of drug-likeness (QED) is 0.272. The molecule has 0 bridgehead atoms. The van der Waals surface area contributed by atoms with E-state index in [1.54, 1.807) is 11.3 Å². The summed E-state index contributed by atoms with van der Waals surface area (Å²) in [6.45, 7) is 6.39. The number of aliphatic carboxylic acids is 1. The second kappa shape index (κ2) is 10.4. The summed E-state index contributed by atoms with van der Waals surface area (Å²) in [5, 5.41) is 10.9. The Morgan fingerprint density at radius 3 is 2.59 bits per heavy atom. The van der Waals surface area contributed by atoms with E-state index in [1.807, 2.05) is 57.2 Å². The molecule has 0 saturated heterocycles. The first kappa shape index (κ1) is 24.0. The van der Waals surface area contributed by atoms with Crippen molar-refractivity contribution >= 4 is 27.4 Å². The van der Waals surface area contributed by atoms with Crippen LogP contribution in [-0.4, -0.2) is 34.9 Å². The highest BCUT2D eigenvalue weighted by molar-refractivity contribution is 7.22. The number of ether oxygens (including phenoxy) is 2. The third-order valence-corrected chi connectivity index (χ3v) is 7.04. The molecule has 7 heteroatoms. The Kier molecular flexibility index (Phi) is 7.34. The molecule has 1 N–H and O–H groups in total. The third-order valence-electron chi connectivity index (χ3n) is 5.93. The molecule has 0 unspecified atom stereocenters. The summed E-state index contributed by atoms with van der Waals surface area (Å²) < 4.78 is 18.7. The summed E-state index contributed by atoms with van der Waals surface area (Å²) in [5.74, 6) is 1.23. The fourth-order valence-corrected chi connectivity index (χ4v) is 4.98. The molecule has 4 aromatic rings. The number of carbonyl (C=O) groups is 1. The molecule has 0 aliphatic rings. The molecule has 2 heterocycles. The van der Waals surface area contributed by atoms with Gasteiger partial charge in [-0.1, -0.05) is 37.3 Å². The average molecular weight is 480 g/mol. The molecule has 2 aromatic carbocycles. The molecule has 0 radical (unpaired) electrons. The molecule has 0 aliphatic carbocycles. The smallest absolute Gasteiger partial charge is 0.336 e. The number of benzene rings is 2. The van der Waals surface area contributed by atoms with E-state index in [-0.39, 0.29) is 0 Å². The number of nitrogens with zero attached hydrogens (tertiary/aromatic N) is 1. The van der Waals surface area contributed by atoms with Crippen molar-refractivity contribution in [2.24, 2.45) is 0 Å². The molecule has 0 saturated carbocycles. The van der Waals surface area contributed by atoms with Gasteiger partial charge in [0.05, 0.1) is 17.2 Å². The number of carboxylic acid groups (broad SMARTS) is 1. The summed E-state index contributed by atoms with van der Waals surface area (Å²) >= 11 is 1.67. The van der Waals surface area contributed by atoms with Crippen LogP contribution in [0.4, 0.5) is 0 Å². The van der Waals surface area contributed by atoms with Gasteiger partial charge in [0.1, 0.15) is 11.5 Å². The lowest BCUT2D eigenvalue weighted by molar-refractivity contribution is -0.166. The van der Waals surface area contributed by atoms with E-state index in [4.69, 9.17) is 18.9 Å². The SMILES string of the molecule is CCO[C@@](CC)(Cc1ccc(OCCc2nc(-c3cc4ccccc4s3)oc2C)cc1)C(=O)O. The van der Waals surface area contributed by atoms with Crippen LogP contribution in [0.3, 0.4) is 0 Å².